The van der Waals surface area contributed by atoms with Gasteiger partial charge in [0.25, 0.3) is 0 Å². The number of nitrogen functional groups attached to an aromatic ring is 1. The highest BCUT2D eigenvalue weighted by molar-refractivity contribution is 6.74. The van der Waals surface area contributed by atoms with Gasteiger partial charge in [-0.25, -0.2) is 4.79 Å². The van der Waals surface area contributed by atoms with Gasteiger partial charge in [-0.15, -0.1) is 0 Å². The Kier molecular flexibility index (Phi) is 6.24. The zero-order chi connectivity index (χ0) is 17.8. The number of nitrogens with one attached hydrogen (secondary N) is 1. The Morgan fingerprint density at radius 2 is 1.91 bits per heavy atom. The maximum atomic E-state index is 11.6. The minimum Gasteiger partial charge on any atom is -0.465 e. The predicted octanol–water partition coefficient (Wildman–Crippen LogP) is 3.80. The summed E-state index contributed by atoms with van der Waals surface area (Å²) in [4.78, 5) is 11.6. The fraction of sp³-hybridized carbons (Fsp3) is 0.588. The van der Waals surface area contributed by atoms with Crippen LogP contribution in [0.5, 0.6) is 0 Å². The summed E-state index contributed by atoms with van der Waals surface area (Å²) >= 11 is 0. The lowest BCUT2D eigenvalue weighted by molar-refractivity contribution is 0.0600. The summed E-state index contributed by atoms with van der Waals surface area (Å²) in [6, 6.07) is 3.54. The van der Waals surface area contributed by atoms with Crippen LogP contribution in [-0.2, 0) is 9.16 Å². The molecule has 0 aliphatic carbocycles. The van der Waals surface area contributed by atoms with Crippen molar-refractivity contribution >= 4 is 25.7 Å². The number of benzene rings is 1. The molecule has 0 radical (unpaired) electrons. The summed E-state index contributed by atoms with van der Waals surface area (Å²) in [5, 5.41) is 3.48. The van der Waals surface area contributed by atoms with Crippen LogP contribution in [0, 0.1) is 6.92 Å². The van der Waals surface area contributed by atoms with Crippen LogP contribution in [-0.4, -0.2) is 34.5 Å². The maximum Gasteiger partial charge on any atom is 0.338 e. The van der Waals surface area contributed by atoms with Gasteiger partial charge in [0, 0.05) is 6.54 Å². The van der Waals surface area contributed by atoms with Crippen LogP contribution in [0.25, 0.3) is 0 Å². The number of rotatable bonds is 6. The number of anilines is 2. The molecule has 1 rings (SSSR count). The molecule has 1 aromatic carbocycles. The third kappa shape index (κ3) is 4.72. The minimum atomic E-state index is -1.73. The average Bonchev–Trinajstić information content (AvgIpc) is 2.45. The highest BCUT2D eigenvalue weighted by Crippen LogP contribution is 2.36. The number of methoxy groups -OCH3 is 1. The predicted molar refractivity (Wildman–Crippen MR) is 98.6 cm³/mol. The van der Waals surface area contributed by atoms with Crippen molar-refractivity contribution in [1.82, 2.24) is 0 Å². The largest absolute Gasteiger partial charge is 0.465 e. The highest BCUT2D eigenvalue weighted by atomic mass is 28.4. The molecule has 0 atom stereocenters. The van der Waals surface area contributed by atoms with Crippen molar-refractivity contribution in [2.45, 2.75) is 45.8 Å². The first kappa shape index (κ1) is 19.5. The smallest absolute Gasteiger partial charge is 0.338 e. The fourth-order valence-electron chi connectivity index (χ4n) is 1.92. The molecule has 0 amide bonds. The standard InChI is InChI=1S/C17H30N2O3Si/c1-12-13(16(20)21-5)8-9-14(15(12)18)19-10-11-22-23(6,7)17(2,3)4/h8-9,19H,10-11,18H2,1-7H3. The number of hydrogen-bond acceptors (Lipinski definition) is 5. The molecule has 0 unspecified atom stereocenters. The molecule has 5 nitrogen and oxygen atoms in total. The van der Waals surface area contributed by atoms with Gasteiger partial charge in [0.15, 0.2) is 8.32 Å². The van der Waals surface area contributed by atoms with E-state index in [1.54, 1.807) is 12.1 Å². The first-order valence-electron chi connectivity index (χ1n) is 7.86. The van der Waals surface area contributed by atoms with Gasteiger partial charge in [-0.3, -0.25) is 0 Å². The number of esters is 1. The second-order valence-electron chi connectivity index (χ2n) is 7.23. The number of ether oxygens (including phenoxy) is 1. The molecule has 0 saturated carbocycles. The molecule has 0 aromatic heterocycles. The molecule has 1 aromatic rings. The summed E-state index contributed by atoms with van der Waals surface area (Å²) < 4.78 is 10.9. The van der Waals surface area contributed by atoms with E-state index in [0.29, 0.717) is 24.4 Å². The Morgan fingerprint density at radius 1 is 1.30 bits per heavy atom. The third-order valence-electron chi connectivity index (χ3n) is 4.61. The molecule has 0 saturated heterocycles. The molecular weight excluding hydrogens is 308 g/mol. The van der Waals surface area contributed by atoms with Crippen molar-refractivity contribution in [2.24, 2.45) is 0 Å². The zero-order valence-corrected chi connectivity index (χ0v) is 16.4. The van der Waals surface area contributed by atoms with Crippen molar-refractivity contribution in [1.29, 1.82) is 0 Å². The average molecular weight is 339 g/mol. The van der Waals surface area contributed by atoms with Gasteiger partial charge in [-0.1, -0.05) is 20.8 Å². The number of nitrogens with two attached hydrogens (primary N) is 1. The normalized spacial score (nSPS) is 12.1. The molecule has 130 valence electrons. The monoisotopic (exact) mass is 338 g/mol. The van der Waals surface area contributed by atoms with E-state index < -0.39 is 8.32 Å². The molecule has 23 heavy (non-hydrogen) atoms. The van der Waals surface area contributed by atoms with Gasteiger partial charge >= 0.3 is 5.97 Å². The number of hydrogen-bond donors (Lipinski definition) is 2. The van der Waals surface area contributed by atoms with Gasteiger partial charge in [0.1, 0.15) is 0 Å². The van der Waals surface area contributed by atoms with Crippen LogP contribution < -0.4 is 11.1 Å². The fourth-order valence-corrected chi connectivity index (χ4v) is 2.97. The first-order valence-corrected chi connectivity index (χ1v) is 10.8. The van der Waals surface area contributed by atoms with Gasteiger partial charge in [-0.2, -0.15) is 0 Å². The first-order chi connectivity index (χ1) is 10.5. The van der Waals surface area contributed by atoms with Crippen LogP contribution in [0.4, 0.5) is 11.4 Å². The topological polar surface area (TPSA) is 73.6 Å². The second kappa shape index (κ2) is 7.36. The van der Waals surface area contributed by atoms with Crippen LogP contribution in [0.2, 0.25) is 18.1 Å². The van der Waals surface area contributed by atoms with Gasteiger partial charge in [0.2, 0.25) is 0 Å². The Hall–Kier alpha value is -1.53. The molecule has 3 N–H and O–H groups in total. The lowest BCUT2D eigenvalue weighted by Gasteiger charge is -2.36. The van der Waals surface area contributed by atoms with E-state index in [-0.39, 0.29) is 11.0 Å². The van der Waals surface area contributed by atoms with Crippen LogP contribution in [0.3, 0.4) is 0 Å². The Bertz CT molecular complexity index is 566. The SMILES string of the molecule is COC(=O)c1ccc(NCCO[Si](C)(C)C(C)(C)C)c(N)c1C. The zero-order valence-electron chi connectivity index (χ0n) is 15.4. The van der Waals surface area contributed by atoms with Gasteiger partial charge in [-0.05, 0) is 42.8 Å². The number of carbonyl (C=O) groups is 1. The van der Waals surface area contributed by atoms with Crippen molar-refractivity contribution in [3.8, 4) is 0 Å². The van der Waals surface area contributed by atoms with E-state index in [9.17, 15) is 4.79 Å². The third-order valence-corrected chi connectivity index (χ3v) is 9.14. The molecule has 0 bridgehead atoms. The summed E-state index contributed by atoms with van der Waals surface area (Å²) in [6.45, 7) is 14.3. The Balaban J connectivity index is 2.67. The van der Waals surface area contributed by atoms with Crippen molar-refractivity contribution in [3.63, 3.8) is 0 Å². The number of carbonyl (C=O) groups excluding carboxylic acids is 1. The summed E-state index contributed by atoms with van der Waals surface area (Å²) in [5.74, 6) is -0.373. The van der Waals surface area contributed by atoms with Crippen molar-refractivity contribution in [3.05, 3.63) is 23.3 Å². The van der Waals surface area contributed by atoms with Crippen LogP contribution >= 0.6 is 0 Å². The van der Waals surface area contributed by atoms with E-state index >= 15 is 0 Å². The maximum absolute atomic E-state index is 11.6. The molecule has 0 aliphatic rings. The highest BCUT2D eigenvalue weighted by Gasteiger charge is 2.36. The van der Waals surface area contributed by atoms with Crippen LogP contribution in [0.1, 0.15) is 36.7 Å². The van der Waals surface area contributed by atoms with Gasteiger partial charge in [0.05, 0.1) is 30.7 Å². The van der Waals surface area contributed by atoms with E-state index in [1.807, 2.05) is 6.92 Å². The lowest BCUT2D eigenvalue weighted by atomic mass is 10.1. The quantitative estimate of drug-likeness (QED) is 0.357. The van der Waals surface area contributed by atoms with E-state index in [4.69, 9.17) is 14.9 Å². The summed E-state index contributed by atoms with van der Waals surface area (Å²) in [7, 11) is -0.365. The van der Waals surface area contributed by atoms with Crippen molar-refractivity contribution < 1.29 is 14.0 Å². The Labute approximate surface area is 140 Å². The van der Waals surface area contributed by atoms with Gasteiger partial charge < -0.3 is 20.2 Å². The molecule has 0 aliphatic heterocycles. The summed E-state index contributed by atoms with van der Waals surface area (Å²) in [5.41, 5.74) is 8.72. The molecule has 0 fully saturated rings. The second-order valence-corrected chi connectivity index (χ2v) is 12.0. The lowest BCUT2D eigenvalue weighted by Crippen LogP contribution is -2.41. The molecule has 0 heterocycles. The van der Waals surface area contributed by atoms with E-state index in [1.165, 1.54) is 7.11 Å². The van der Waals surface area contributed by atoms with Crippen molar-refractivity contribution in [2.75, 3.05) is 31.3 Å². The minimum absolute atomic E-state index is 0.199. The Morgan fingerprint density at radius 3 is 2.43 bits per heavy atom. The van der Waals surface area contributed by atoms with E-state index in [2.05, 4.69) is 39.2 Å². The molecular formula is C17H30N2O3Si. The molecule has 0 spiro atoms. The summed E-state index contributed by atoms with van der Waals surface area (Å²) in [6.07, 6.45) is 0. The van der Waals surface area contributed by atoms with Crippen LogP contribution in [0.15, 0.2) is 12.1 Å². The molecule has 6 heteroatoms. The van der Waals surface area contributed by atoms with E-state index in [0.717, 1.165) is 11.3 Å².